The Morgan fingerprint density at radius 2 is 1.70 bits per heavy atom. The van der Waals surface area contributed by atoms with Gasteiger partial charge in [0.1, 0.15) is 67.0 Å². The first kappa shape index (κ1) is 48.3. The maximum absolute atomic E-state index is 14.0. The molecule has 358 valence electrons. The van der Waals surface area contributed by atoms with Crippen molar-refractivity contribution >= 4 is 52.1 Å². The van der Waals surface area contributed by atoms with E-state index in [9.17, 15) is 39.6 Å². The van der Waals surface area contributed by atoms with Crippen molar-refractivity contribution in [2.75, 3.05) is 82.3 Å². The number of piperazine rings is 1. The van der Waals surface area contributed by atoms with E-state index in [-0.39, 0.29) is 43.2 Å². The minimum Gasteiger partial charge on any atom is -0.394 e. The van der Waals surface area contributed by atoms with E-state index in [0.717, 1.165) is 12.1 Å². The van der Waals surface area contributed by atoms with Gasteiger partial charge in [-0.25, -0.2) is 19.7 Å². The molecule has 24 nitrogen and oxygen atoms in total. The summed E-state index contributed by atoms with van der Waals surface area (Å²) in [4.78, 5) is 72.8. The lowest BCUT2D eigenvalue weighted by Crippen LogP contribution is -2.69. The Kier molecular flexibility index (Phi) is 15.3. The van der Waals surface area contributed by atoms with E-state index in [4.69, 9.17) is 28.9 Å². The highest BCUT2D eigenvalue weighted by molar-refractivity contribution is 5.99. The summed E-state index contributed by atoms with van der Waals surface area (Å²) in [5.74, 6) is -0.157. The lowest BCUT2D eigenvalue weighted by atomic mass is 9.92. The summed E-state index contributed by atoms with van der Waals surface area (Å²) in [7, 11) is 4.45. The third kappa shape index (κ3) is 9.89. The molecule has 24 heteroatoms. The molecule has 4 amide bonds. The monoisotopic (exact) mass is 923 g/mol. The zero-order valence-electron chi connectivity index (χ0n) is 37.2. The predicted octanol–water partition coefficient (Wildman–Crippen LogP) is -1.78. The van der Waals surface area contributed by atoms with Gasteiger partial charge in [-0.05, 0) is 30.5 Å². The molecule has 6 N–H and O–H groups in total. The molecule has 0 radical (unpaired) electrons. The van der Waals surface area contributed by atoms with Gasteiger partial charge in [-0.15, -0.1) is 0 Å². The molecular weight excluding hydrogens is 867 g/mol. The van der Waals surface area contributed by atoms with E-state index in [1.54, 1.807) is 35.5 Å². The van der Waals surface area contributed by atoms with Crippen LogP contribution in [-0.4, -0.2) is 208 Å². The molecule has 0 aromatic carbocycles. The summed E-state index contributed by atoms with van der Waals surface area (Å²) in [5, 5.41) is 58.2. The number of aromatic nitrogens is 4. The van der Waals surface area contributed by atoms with Crippen LogP contribution in [0.2, 0.25) is 0 Å². The zero-order chi connectivity index (χ0) is 47.4. The van der Waals surface area contributed by atoms with Gasteiger partial charge >= 0.3 is 6.03 Å². The summed E-state index contributed by atoms with van der Waals surface area (Å²) in [6.45, 7) is 4.94. The number of likely N-dealkylation sites (N-methyl/N-ethyl adjacent to an activating group) is 1. The van der Waals surface area contributed by atoms with E-state index in [2.05, 4.69) is 32.5 Å². The van der Waals surface area contributed by atoms with Gasteiger partial charge in [0.15, 0.2) is 24.3 Å². The lowest BCUT2D eigenvalue weighted by Gasteiger charge is -2.48. The van der Waals surface area contributed by atoms with Crippen LogP contribution < -0.4 is 20.4 Å². The number of amides is 4. The van der Waals surface area contributed by atoms with Gasteiger partial charge in [0, 0.05) is 73.7 Å². The molecule has 66 heavy (non-hydrogen) atoms. The van der Waals surface area contributed by atoms with Gasteiger partial charge in [0.25, 0.3) is 5.91 Å². The number of nitrogens with one attached hydrogen (secondary N) is 2. The first-order valence-electron chi connectivity index (χ1n) is 21.6. The second-order valence-electron chi connectivity index (χ2n) is 16.8. The summed E-state index contributed by atoms with van der Waals surface area (Å²) < 4.78 is 29.7. The number of nitrogens with zero attached hydrogens (tertiary/aromatic N) is 9. The first-order chi connectivity index (χ1) is 31.7. The molecule has 7 rings (SSSR count). The molecule has 0 spiro atoms. The summed E-state index contributed by atoms with van der Waals surface area (Å²) >= 11 is 0. The van der Waals surface area contributed by atoms with Gasteiger partial charge < -0.3 is 69.0 Å². The van der Waals surface area contributed by atoms with Crippen molar-refractivity contribution in [1.29, 1.82) is 5.26 Å². The minimum atomic E-state index is -1.76. The molecule has 0 aliphatic carbocycles. The van der Waals surface area contributed by atoms with Crippen LogP contribution in [0.3, 0.4) is 0 Å². The van der Waals surface area contributed by atoms with Crippen molar-refractivity contribution in [2.24, 2.45) is 5.92 Å². The van der Waals surface area contributed by atoms with Crippen LogP contribution >= 0.6 is 0 Å². The molecule has 4 saturated heterocycles. The number of pyridine rings is 1. The number of anilines is 3. The first-order valence-corrected chi connectivity index (χ1v) is 21.6. The standard InChI is InChI=1S/C42H57N11O13/c1-22-9-12-52(29(56)8-11-43)19-26(22)49(3)37-25-10-13-53(38(25)46-21-45-37)42(61)48-28-7-6-24(18-44-28)50-14-16-51(17-15-50)39(60)36-35(62-4)32(58)33(59)41(66-36)65-34-30(47-23(2)55)40(63-5)64-27(20-54)31(34)57/h6-7,10,13,18,21-22,26-27,30-36,40-41,54,57-59H,8-9,12,14-17,19-20H2,1-5H3,(H,47,55)(H,44,48,61)/t22-,26+,27?,30?,31-,32-,33?,34-,35+,36?,40-,41-/m1/s1. The van der Waals surface area contributed by atoms with E-state index in [0.29, 0.717) is 43.0 Å². The van der Waals surface area contributed by atoms with Crippen LogP contribution in [0.25, 0.3) is 11.0 Å². The molecule has 3 aromatic rings. The number of methoxy groups -OCH3 is 2. The van der Waals surface area contributed by atoms with Crippen LogP contribution in [0.4, 0.5) is 22.1 Å². The average molecular weight is 924 g/mol. The number of fused-ring (bicyclic) bond motifs is 1. The van der Waals surface area contributed by atoms with E-state index < -0.39 is 85.8 Å². The Balaban J connectivity index is 0.966. The number of hydrogen-bond donors (Lipinski definition) is 6. The van der Waals surface area contributed by atoms with Gasteiger partial charge in [0.05, 0.1) is 36.0 Å². The van der Waals surface area contributed by atoms with Crippen LogP contribution in [0.1, 0.15) is 26.7 Å². The number of carbonyl (C=O) groups is 4. The molecule has 4 fully saturated rings. The van der Waals surface area contributed by atoms with E-state index >= 15 is 0 Å². The normalized spacial score (nSPS) is 30.4. The third-order valence-corrected chi connectivity index (χ3v) is 12.8. The van der Waals surface area contributed by atoms with Gasteiger partial charge in [0.2, 0.25) is 11.8 Å². The molecule has 12 atom stereocenters. The Hall–Kier alpha value is -5.62. The Morgan fingerprint density at radius 3 is 2.35 bits per heavy atom. The number of nitriles is 1. The van der Waals surface area contributed by atoms with Crippen molar-refractivity contribution in [3.05, 3.63) is 36.9 Å². The van der Waals surface area contributed by atoms with Crippen LogP contribution in [0.5, 0.6) is 0 Å². The molecule has 4 unspecified atom stereocenters. The Labute approximate surface area is 379 Å². The number of ether oxygens (including phenoxy) is 5. The van der Waals surface area contributed by atoms with Gasteiger partial charge in [-0.3, -0.25) is 24.3 Å². The highest BCUT2D eigenvalue weighted by atomic mass is 16.7. The zero-order valence-corrected chi connectivity index (χ0v) is 37.2. The smallest absolute Gasteiger partial charge is 0.332 e. The molecule has 3 aromatic heterocycles. The van der Waals surface area contributed by atoms with Crippen LogP contribution in [-0.2, 0) is 38.1 Å². The second-order valence-corrected chi connectivity index (χ2v) is 16.8. The van der Waals surface area contributed by atoms with Crippen molar-refractivity contribution in [1.82, 2.24) is 34.6 Å². The lowest BCUT2D eigenvalue weighted by molar-refractivity contribution is -0.339. The van der Waals surface area contributed by atoms with Crippen LogP contribution in [0.15, 0.2) is 36.9 Å². The minimum absolute atomic E-state index is 0.0759. The Morgan fingerprint density at radius 1 is 0.939 bits per heavy atom. The second kappa shape index (κ2) is 20.9. The highest BCUT2D eigenvalue weighted by Crippen LogP contribution is 2.33. The molecule has 4 aliphatic rings. The van der Waals surface area contributed by atoms with Crippen molar-refractivity contribution in [2.45, 2.75) is 94.1 Å². The van der Waals surface area contributed by atoms with Gasteiger partial charge in [-0.1, -0.05) is 6.92 Å². The number of hydrogen-bond acceptors (Lipinski definition) is 19. The largest absolute Gasteiger partial charge is 0.394 e. The van der Waals surface area contributed by atoms with Crippen molar-refractivity contribution < 1.29 is 63.3 Å². The molecule has 0 saturated carbocycles. The number of aliphatic hydroxyl groups excluding tert-OH is 4. The fraction of sp³-hybridized carbons (Fsp3) is 0.619. The highest BCUT2D eigenvalue weighted by Gasteiger charge is 2.54. The number of aliphatic hydroxyl groups is 4. The fourth-order valence-corrected chi connectivity index (χ4v) is 9.07. The SMILES string of the molecule is CO[C@@H]1OC(CO)[C@@H](O)[C@H](O[C@@H]2OC(C(=O)N3CCN(c4ccc(NC(=O)n5ccc6c(N(C)[C@H]7CN(C(=O)CC#N)CC[C@H]7C)ncnc65)nc4)CC3)[C@@H](OC)[C@H](O)C2O)C1NC(C)=O. The number of carbonyl (C=O) groups excluding carboxylic acids is 4. The maximum atomic E-state index is 14.0. The maximum Gasteiger partial charge on any atom is 0.332 e. The fourth-order valence-electron chi connectivity index (χ4n) is 9.07. The third-order valence-electron chi connectivity index (χ3n) is 12.8. The summed E-state index contributed by atoms with van der Waals surface area (Å²) in [5.41, 5.74) is 1.11. The quantitative estimate of drug-likeness (QED) is 0.117. The van der Waals surface area contributed by atoms with Crippen molar-refractivity contribution in [3.63, 3.8) is 0 Å². The topological polar surface area (TPSA) is 300 Å². The van der Waals surface area contributed by atoms with E-state index in [1.165, 1.54) is 36.9 Å². The number of rotatable bonds is 12. The number of likely N-dealkylation sites (tertiary alicyclic amines) is 1. The number of piperidine rings is 1. The Bertz CT molecular complexity index is 2240. The summed E-state index contributed by atoms with van der Waals surface area (Å²) in [6.07, 6.45) is -8.00. The van der Waals surface area contributed by atoms with E-state index in [1.807, 2.05) is 22.9 Å². The predicted molar refractivity (Wildman–Crippen MR) is 230 cm³/mol. The van der Waals surface area contributed by atoms with Crippen LogP contribution in [0, 0.1) is 17.2 Å². The van der Waals surface area contributed by atoms with Gasteiger partial charge in [-0.2, -0.15) is 5.26 Å². The summed E-state index contributed by atoms with van der Waals surface area (Å²) in [6, 6.07) is 5.42. The molecule has 4 aliphatic heterocycles. The molecular formula is C42H57N11O13. The molecule has 0 bridgehead atoms. The van der Waals surface area contributed by atoms with Crippen molar-refractivity contribution in [3.8, 4) is 6.07 Å². The average Bonchev–Trinajstić information content (AvgIpc) is 3.76. The molecule has 7 heterocycles.